The van der Waals surface area contributed by atoms with E-state index < -0.39 is 29.4 Å². The Morgan fingerprint density at radius 3 is 2.53 bits per heavy atom. The molecule has 0 saturated heterocycles. The van der Waals surface area contributed by atoms with Crippen molar-refractivity contribution in [3.05, 3.63) is 56.4 Å². The highest BCUT2D eigenvalue weighted by Crippen LogP contribution is 2.22. The summed E-state index contributed by atoms with van der Waals surface area (Å²) in [7, 11) is 0. The summed E-state index contributed by atoms with van der Waals surface area (Å²) in [6.07, 6.45) is 0. The molecule has 30 heavy (non-hydrogen) atoms. The smallest absolute Gasteiger partial charge is 0.355 e. The van der Waals surface area contributed by atoms with Gasteiger partial charge in [-0.1, -0.05) is 0 Å². The van der Waals surface area contributed by atoms with Crippen molar-refractivity contribution in [2.45, 2.75) is 20.8 Å². The normalized spacial score (nSPS) is 10.1. The summed E-state index contributed by atoms with van der Waals surface area (Å²) in [4.78, 5) is 49.3. The third kappa shape index (κ3) is 4.79. The van der Waals surface area contributed by atoms with Gasteiger partial charge in [0.1, 0.15) is 11.8 Å². The predicted octanol–water partition coefficient (Wildman–Crippen LogP) is 2.38. The van der Waals surface area contributed by atoms with Gasteiger partial charge in [-0.3, -0.25) is 14.9 Å². The van der Waals surface area contributed by atoms with E-state index in [0.717, 1.165) is 12.1 Å². The van der Waals surface area contributed by atoms with Gasteiger partial charge in [0.05, 0.1) is 28.3 Å². The summed E-state index contributed by atoms with van der Waals surface area (Å²) in [5, 5.41) is 22.2. The molecule has 0 aliphatic carbocycles. The van der Waals surface area contributed by atoms with E-state index in [1.54, 1.807) is 26.8 Å². The predicted molar refractivity (Wildman–Crippen MR) is 103 cm³/mol. The van der Waals surface area contributed by atoms with Crippen molar-refractivity contribution in [3.63, 3.8) is 0 Å². The Kier molecular flexibility index (Phi) is 6.87. The van der Waals surface area contributed by atoms with E-state index >= 15 is 0 Å². The summed E-state index contributed by atoms with van der Waals surface area (Å²) in [5.74, 6) is -2.18. The van der Waals surface area contributed by atoms with Crippen LogP contribution in [-0.2, 0) is 14.3 Å². The zero-order valence-electron chi connectivity index (χ0n) is 16.4. The van der Waals surface area contributed by atoms with Gasteiger partial charge in [-0.2, -0.15) is 5.26 Å². The lowest BCUT2D eigenvalue weighted by molar-refractivity contribution is -0.384. The number of anilines is 1. The van der Waals surface area contributed by atoms with Crippen LogP contribution in [0.3, 0.4) is 0 Å². The largest absolute Gasteiger partial charge is 0.461 e. The maximum atomic E-state index is 12.4. The number of nitrogens with one attached hydrogen (secondary N) is 2. The lowest BCUT2D eigenvalue weighted by atomic mass is 10.1. The van der Waals surface area contributed by atoms with Crippen molar-refractivity contribution >= 4 is 29.2 Å². The number of nitriles is 1. The fourth-order valence-corrected chi connectivity index (χ4v) is 2.70. The highest BCUT2D eigenvalue weighted by atomic mass is 16.6. The average molecular weight is 414 g/mol. The number of aromatic nitrogens is 1. The van der Waals surface area contributed by atoms with Gasteiger partial charge in [0, 0.05) is 17.8 Å². The van der Waals surface area contributed by atoms with Crippen molar-refractivity contribution in [3.8, 4) is 6.07 Å². The van der Waals surface area contributed by atoms with Gasteiger partial charge < -0.3 is 19.8 Å². The number of nitro benzene ring substituents is 1. The zero-order chi connectivity index (χ0) is 22.4. The number of nitro groups is 1. The standard InChI is InChI=1S/C19H18N4O7/c1-4-29-19(26)17-10(2)16(11(3)21-17)18(25)30-9-15(24)22-14-6-5-13(23(27)28)7-12(14)8-20/h5-7,21H,4,9H2,1-3H3,(H,22,24). The SMILES string of the molecule is CCOC(=O)c1[nH]c(C)c(C(=O)OCC(=O)Nc2ccc([N+](=O)[O-])cc2C#N)c1C. The fourth-order valence-electron chi connectivity index (χ4n) is 2.70. The minimum atomic E-state index is -0.823. The molecule has 0 aliphatic heterocycles. The monoisotopic (exact) mass is 414 g/mol. The number of ether oxygens (including phenoxy) is 2. The second-order valence-corrected chi connectivity index (χ2v) is 6.07. The highest BCUT2D eigenvalue weighted by Gasteiger charge is 2.24. The number of aromatic amines is 1. The van der Waals surface area contributed by atoms with Crippen molar-refractivity contribution in [2.75, 3.05) is 18.5 Å². The third-order valence-electron chi connectivity index (χ3n) is 4.06. The Hall–Kier alpha value is -4.20. The number of nitrogens with zero attached hydrogens (tertiary/aromatic N) is 2. The van der Waals surface area contributed by atoms with Gasteiger partial charge in [0.25, 0.3) is 11.6 Å². The maximum absolute atomic E-state index is 12.4. The van der Waals surface area contributed by atoms with Crippen LogP contribution < -0.4 is 5.32 Å². The molecule has 0 bridgehead atoms. The van der Waals surface area contributed by atoms with E-state index in [1.165, 1.54) is 6.07 Å². The van der Waals surface area contributed by atoms with Crippen molar-refractivity contribution in [2.24, 2.45) is 0 Å². The van der Waals surface area contributed by atoms with E-state index in [0.29, 0.717) is 11.3 Å². The Balaban J connectivity index is 2.07. The molecule has 0 radical (unpaired) electrons. The number of carbonyl (C=O) groups excluding carboxylic acids is 3. The third-order valence-corrected chi connectivity index (χ3v) is 4.06. The van der Waals surface area contributed by atoms with Crippen LogP contribution in [0.2, 0.25) is 0 Å². The lowest BCUT2D eigenvalue weighted by Gasteiger charge is -2.08. The molecule has 0 atom stereocenters. The second-order valence-electron chi connectivity index (χ2n) is 6.07. The molecule has 2 aromatic rings. The first-order valence-corrected chi connectivity index (χ1v) is 8.71. The molecule has 1 amide bonds. The number of amides is 1. The fraction of sp³-hybridized carbons (Fsp3) is 0.263. The quantitative estimate of drug-likeness (QED) is 0.396. The molecule has 2 N–H and O–H groups in total. The summed E-state index contributed by atoms with van der Waals surface area (Å²) < 4.78 is 9.91. The summed E-state index contributed by atoms with van der Waals surface area (Å²) >= 11 is 0. The van der Waals surface area contributed by atoms with Crippen molar-refractivity contribution < 1.29 is 28.8 Å². The van der Waals surface area contributed by atoms with E-state index in [2.05, 4.69) is 10.3 Å². The Bertz CT molecular complexity index is 1070. The minimum Gasteiger partial charge on any atom is -0.461 e. The van der Waals surface area contributed by atoms with E-state index in [-0.39, 0.29) is 34.8 Å². The molecule has 1 aromatic carbocycles. The van der Waals surface area contributed by atoms with Crippen LogP contribution in [0.15, 0.2) is 18.2 Å². The first-order valence-electron chi connectivity index (χ1n) is 8.71. The molecular weight excluding hydrogens is 396 g/mol. The molecule has 0 spiro atoms. The Morgan fingerprint density at radius 2 is 1.93 bits per heavy atom. The molecular formula is C19H18N4O7. The van der Waals surface area contributed by atoms with Gasteiger partial charge in [0.15, 0.2) is 6.61 Å². The van der Waals surface area contributed by atoms with E-state index in [9.17, 15) is 24.5 Å². The minimum absolute atomic E-state index is 0.0442. The molecule has 0 unspecified atom stereocenters. The average Bonchev–Trinajstić information content (AvgIpc) is 3.00. The second kappa shape index (κ2) is 9.33. The topological polar surface area (TPSA) is 164 Å². The van der Waals surface area contributed by atoms with Crippen LogP contribution in [0.25, 0.3) is 0 Å². The number of benzene rings is 1. The summed E-state index contributed by atoms with van der Waals surface area (Å²) in [6.45, 7) is 4.27. The van der Waals surface area contributed by atoms with Gasteiger partial charge in [-0.05, 0) is 32.4 Å². The van der Waals surface area contributed by atoms with Crippen LogP contribution in [0, 0.1) is 35.3 Å². The summed E-state index contributed by atoms with van der Waals surface area (Å²) in [6, 6.07) is 5.11. The molecule has 0 fully saturated rings. The molecule has 11 nitrogen and oxygen atoms in total. The van der Waals surface area contributed by atoms with E-state index in [1.807, 2.05) is 0 Å². The number of non-ortho nitro benzene ring substituents is 1. The van der Waals surface area contributed by atoms with Crippen LogP contribution in [0.1, 0.15) is 44.6 Å². The highest BCUT2D eigenvalue weighted by molar-refractivity contribution is 6.00. The first-order chi connectivity index (χ1) is 14.2. The number of aryl methyl sites for hydroxylation is 1. The number of rotatable bonds is 7. The Morgan fingerprint density at radius 1 is 1.23 bits per heavy atom. The van der Waals surface area contributed by atoms with Gasteiger partial charge in [-0.25, -0.2) is 9.59 Å². The number of esters is 2. The van der Waals surface area contributed by atoms with Crippen molar-refractivity contribution in [1.29, 1.82) is 5.26 Å². The maximum Gasteiger partial charge on any atom is 0.355 e. The zero-order valence-corrected chi connectivity index (χ0v) is 16.4. The van der Waals surface area contributed by atoms with Gasteiger partial charge >= 0.3 is 11.9 Å². The molecule has 1 aromatic heterocycles. The summed E-state index contributed by atoms with van der Waals surface area (Å²) in [5.41, 5.74) is 0.575. The molecule has 11 heteroatoms. The number of H-pyrrole nitrogens is 1. The molecule has 0 aliphatic rings. The number of hydrogen-bond donors (Lipinski definition) is 2. The van der Waals surface area contributed by atoms with Gasteiger partial charge in [0.2, 0.25) is 0 Å². The van der Waals surface area contributed by atoms with Crippen molar-refractivity contribution in [1.82, 2.24) is 4.98 Å². The van der Waals surface area contributed by atoms with Crippen LogP contribution in [-0.4, -0.2) is 41.0 Å². The molecule has 156 valence electrons. The Labute approximate surface area is 170 Å². The van der Waals surface area contributed by atoms with Crippen LogP contribution in [0.5, 0.6) is 0 Å². The first kappa shape index (κ1) is 22.1. The number of hydrogen-bond acceptors (Lipinski definition) is 8. The molecule has 1 heterocycles. The lowest BCUT2D eigenvalue weighted by Crippen LogP contribution is -2.22. The number of carbonyl (C=O) groups is 3. The van der Waals surface area contributed by atoms with Gasteiger partial charge in [-0.15, -0.1) is 0 Å². The molecule has 0 saturated carbocycles. The van der Waals surface area contributed by atoms with Crippen LogP contribution >= 0.6 is 0 Å². The van der Waals surface area contributed by atoms with Crippen LogP contribution in [0.4, 0.5) is 11.4 Å². The van der Waals surface area contributed by atoms with E-state index in [4.69, 9.17) is 14.7 Å². The molecule has 2 rings (SSSR count).